The molecule has 0 unspecified atom stereocenters. The van der Waals surface area contributed by atoms with Crippen LogP contribution in [0.2, 0.25) is 0 Å². The van der Waals surface area contributed by atoms with Gasteiger partial charge in [0.25, 0.3) is 0 Å². The van der Waals surface area contributed by atoms with E-state index in [2.05, 4.69) is 6.92 Å². The molecular formula is C5H9Rf-. The van der Waals surface area contributed by atoms with Gasteiger partial charge in [-0.05, 0) is 0 Å². The predicted molar refractivity (Wildman–Crippen MR) is 22.7 cm³/mol. The summed E-state index contributed by atoms with van der Waals surface area (Å²) in [6.45, 7) is 3.75. The Balaban J connectivity index is 0.000000250. The van der Waals surface area contributed by atoms with Crippen LogP contribution in [0.1, 0.15) is 19.3 Å². The Labute approximate surface area is 33.2 Å². The molecule has 1 aliphatic carbocycles. The summed E-state index contributed by atoms with van der Waals surface area (Å²) in [6, 6.07) is 0. The first-order valence-electron chi connectivity index (χ1n) is 2.22. The molecule has 0 bridgehead atoms. The van der Waals surface area contributed by atoms with Crippen molar-refractivity contribution in [3.63, 3.8) is 0 Å². The van der Waals surface area contributed by atoms with Crippen molar-refractivity contribution in [1.29, 1.82) is 0 Å². The molecular weight excluding hydrogens is 327 g/mol. The van der Waals surface area contributed by atoms with Crippen molar-refractivity contribution < 1.29 is 0 Å². The first-order valence-corrected chi connectivity index (χ1v) is 2.22. The molecule has 0 heterocycles. The zero-order valence-electron chi connectivity index (χ0n) is 4.11. The maximum atomic E-state index is 3.75. The van der Waals surface area contributed by atoms with Crippen molar-refractivity contribution in [3.8, 4) is 0 Å². The second-order valence-corrected chi connectivity index (χ2v) is 1.73. The van der Waals surface area contributed by atoms with E-state index in [0.717, 1.165) is 5.92 Å². The minimum absolute atomic E-state index is 0. The molecule has 0 aromatic carbocycles. The number of hydrogen-bond donors (Lipinski definition) is 0. The maximum absolute atomic E-state index is 3.75. The van der Waals surface area contributed by atoms with E-state index < -0.39 is 0 Å². The molecule has 32 valence electrons. The van der Waals surface area contributed by atoms with Crippen molar-refractivity contribution in [2.45, 2.75) is 19.3 Å². The van der Waals surface area contributed by atoms with Gasteiger partial charge in [-0.3, -0.25) is 0 Å². The van der Waals surface area contributed by atoms with Crippen LogP contribution in [0.3, 0.4) is 0 Å². The Kier molecular flexibility index (Phi) is 1.20. The minimum Gasteiger partial charge on any atom is -0.343 e. The zero-order chi connectivity index (χ0) is 3.70. The topological polar surface area (TPSA) is 0 Å². The summed E-state index contributed by atoms with van der Waals surface area (Å²) in [7, 11) is 0. The number of hydrogen-bond acceptors (Lipinski definition) is 0. The summed E-state index contributed by atoms with van der Waals surface area (Å²) in [5.74, 6) is 1.02. The quantitative estimate of drug-likeness (QED) is 0.639. The monoisotopic (exact) mass is 336 g/mol. The molecule has 1 heteroatoms. The smallest absolute Gasteiger partial charge is 0 e. The van der Waals surface area contributed by atoms with E-state index in [-0.39, 0.29) is 0 Å². The van der Waals surface area contributed by atoms with Crippen LogP contribution in [-0.4, -0.2) is 0 Å². The fourth-order valence-electron chi connectivity index (χ4n) is 0.407. The van der Waals surface area contributed by atoms with Crippen molar-refractivity contribution in [2.24, 2.45) is 5.92 Å². The molecule has 0 spiro atoms. The Morgan fingerprint density at radius 3 is 2.00 bits per heavy atom. The van der Waals surface area contributed by atoms with E-state index in [0.29, 0.717) is 0 Å². The summed E-state index contributed by atoms with van der Waals surface area (Å²) in [5.41, 5.74) is 0. The Morgan fingerprint density at radius 1 is 1.50 bits per heavy atom. The van der Waals surface area contributed by atoms with Crippen LogP contribution in [0.15, 0.2) is 0 Å². The molecule has 1 fully saturated rings. The summed E-state index contributed by atoms with van der Waals surface area (Å²) < 4.78 is 0. The van der Waals surface area contributed by atoms with Crippen molar-refractivity contribution in [1.82, 2.24) is 0 Å². The second kappa shape index (κ2) is 1.44. The molecule has 0 aliphatic heterocycles. The van der Waals surface area contributed by atoms with E-state index in [1.165, 1.54) is 19.3 Å². The standard InChI is InChI=1S/C5H9.Rf/c1-2-5-3-4-5;/h5H,1-4H2;/q-1;. The minimum atomic E-state index is 0. The average Bonchev–Trinajstić information content (AvgIpc) is 2.12. The SMILES string of the molecule is [CH2-]CC1CC1.[Rf]. The van der Waals surface area contributed by atoms with Gasteiger partial charge in [-0.2, -0.15) is 6.42 Å². The third-order valence-electron chi connectivity index (χ3n) is 1.11. The Hall–Kier alpha value is -1.00. The Morgan fingerprint density at radius 2 is 2.00 bits per heavy atom. The van der Waals surface area contributed by atoms with Gasteiger partial charge in [0.2, 0.25) is 0 Å². The van der Waals surface area contributed by atoms with Gasteiger partial charge in [0.15, 0.2) is 0 Å². The summed E-state index contributed by atoms with van der Waals surface area (Å²) >= 11 is 0. The van der Waals surface area contributed by atoms with Gasteiger partial charge >= 0.3 is 0 Å². The fraction of sp³-hybridized carbons (Fsp3) is 0.800. The third-order valence-corrected chi connectivity index (χ3v) is 1.11. The van der Waals surface area contributed by atoms with Crippen LogP contribution in [0, 0.1) is 12.8 Å². The van der Waals surface area contributed by atoms with Gasteiger partial charge in [0.05, 0.1) is 0 Å². The van der Waals surface area contributed by atoms with Crippen LogP contribution >= 0.6 is 0 Å². The largest absolute Gasteiger partial charge is 0.343 e. The molecule has 0 saturated heterocycles. The van der Waals surface area contributed by atoms with Crippen LogP contribution in [-0.2, 0) is 0 Å². The fourth-order valence-corrected chi connectivity index (χ4v) is 0.407. The first kappa shape index (κ1) is 5.00. The van der Waals surface area contributed by atoms with E-state index in [1.54, 1.807) is 0 Å². The first-order chi connectivity index (χ1) is 2.43. The third kappa shape index (κ3) is 0.750. The van der Waals surface area contributed by atoms with Crippen molar-refractivity contribution >= 4 is 0 Å². The summed E-state index contributed by atoms with van der Waals surface area (Å²) in [5, 5.41) is 0. The maximum Gasteiger partial charge on any atom is 0 e. The van der Waals surface area contributed by atoms with Crippen LogP contribution in [0.25, 0.3) is 0 Å². The van der Waals surface area contributed by atoms with Crippen LogP contribution in [0.5, 0.6) is 0 Å². The molecule has 0 aromatic heterocycles. The Bertz CT molecular complexity index is 30.9. The zero-order valence-corrected chi connectivity index (χ0v) is 10.5. The molecule has 0 aromatic rings. The molecule has 0 N–H and O–H groups in total. The van der Waals surface area contributed by atoms with Crippen molar-refractivity contribution in [3.05, 3.63) is 6.92 Å². The molecule has 0 amide bonds. The number of rotatable bonds is 1. The molecule has 1 saturated carbocycles. The molecule has 1 rings (SSSR count). The van der Waals surface area contributed by atoms with E-state index in [1.807, 2.05) is 0 Å². The van der Waals surface area contributed by atoms with Gasteiger partial charge < -0.3 is 6.92 Å². The summed E-state index contributed by atoms with van der Waals surface area (Å²) in [4.78, 5) is 0. The van der Waals surface area contributed by atoms with Gasteiger partial charge in [-0.1, -0.05) is 18.8 Å². The molecule has 1 aliphatic rings. The van der Waals surface area contributed by atoms with Gasteiger partial charge in [-0.25, -0.2) is 0 Å². The van der Waals surface area contributed by atoms with E-state index >= 15 is 0 Å². The summed E-state index contributed by atoms with van der Waals surface area (Å²) in [6.07, 6.45) is 4.06. The van der Waals surface area contributed by atoms with Crippen LogP contribution in [0.4, 0.5) is 0 Å². The van der Waals surface area contributed by atoms with Gasteiger partial charge in [-0.15, -0.1) is 0 Å². The van der Waals surface area contributed by atoms with Gasteiger partial charge in [0, 0.05) is 0 Å². The molecule has 0 radical (unpaired) electrons. The average molecular weight is 336 g/mol. The molecule has 0 nitrogen and oxygen atoms in total. The van der Waals surface area contributed by atoms with Gasteiger partial charge in [0.1, 0.15) is 0 Å². The molecule has 6 heavy (non-hydrogen) atoms. The van der Waals surface area contributed by atoms with Crippen molar-refractivity contribution in [2.75, 3.05) is 0 Å². The van der Waals surface area contributed by atoms with E-state index in [4.69, 9.17) is 0 Å². The normalized spacial score (nSPS) is 19.5. The molecule has 0 atom stereocenters. The predicted octanol–water partition coefficient (Wildman–Crippen LogP) is 1.62. The van der Waals surface area contributed by atoms with E-state index in [9.17, 15) is 0 Å². The second-order valence-electron chi connectivity index (χ2n) is 1.73. The van der Waals surface area contributed by atoms with Crippen LogP contribution < -0.4 is 0 Å².